The van der Waals surface area contributed by atoms with Crippen molar-refractivity contribution in [1.82, 2.24) is 9.13 Å². The van der Waals surface area contributed by atoms with Gasteiger partial charge in [-0.3, -0.25) is 0 Å². The number of nitrogens with zero attached hydrogens (tertiary/aromatic N) is 4. The minimum atomic E-state index is -0.0187. The van der Waals surface area contributed by atoms with Gasteiger partial charge in [0.1, 0.15) is 0 Å². The molecule has 0 atom stereocenters. The molecule has 8 aromatic rings. The lowest BCUT2D eigenvalue weighted by Crippen LogP contribution is -2.10. The van der Waals surface area contributed by atoms with Crippen LogP contribution in [0.3, 0.4) is 0 Å². The molecule has 0 saturated heterocycles. The van der Waals surface area contributed by atoms with Crippen molar-refractivity contribution in [3.63, 3.8) is 0 Å². The van der Waals surface area contributed by atoms with Crippen molar-refractivity contribution in [2.75, 3.05) is 0 Å². The average Bonchev–Trinajstić information content (AvgIpc) is 3.62. The lowest BCUT2D eigenvalue weighted by Gasteiger charge is -2.20. The van der Waals surface area contributed by atoms with Crippen molar-refractivity contribution >= 4 is 43.6 Å². The van der Waals surface area contributed by atoms with E-state index in [-0.39, 0.29) is 10.8 Å². The van der Waals surface area contributed by atoms with Crippen molar-refractivity contribution in [1.29, 1.82) is 10.5 Å². The molecule has 4 heteroatoms. The molecule has 8 rings (SSSR count). The highest BCUT2D eigenvalue weighted by Crippen LogP contribution is 2.44. The van der Waals surface area contributed by atoms with Crippen LogP contribution in [0, 0.1) is 22.7 Å². The normalized spacial score (nSPS) is 12.2. The molecule has 0 aliphatic heterocycles. The first-order valence-electron chi connectivity index (χ1n) is 17.1. The number of benzene rings is 6. The Kier molecular flexibility index (Phi) is 7.00. The summed E-state index contributed by atoms with van der Waals surface area (Å²) in [5, 5.41) is 24.8. The van der Waals surface area contributed by atoms with Crippen LogP contribution in [0.4, 0.5) is 0 Å². The standard InChI is InChI=1S/C46H38N4/c1-45(2,3)31-17-20-41-36(23-31)37-24-32(46(4,5)6)18-21-42(37)50(41)44-26-43-39(25-38(44)34-19-16-29(27-47)22-30(34)28-48)35-14-10-11-15-40(35)49(43)33-12-8-7-9-13-33/h7-26H,1-6H3. The molecule has 242 valence electrons. The van der Waals surface area contributed by atoms with Gasteiger partial charge in [0.2, 0.25) is 0 Å². The molecule has 50 heavy (non-hydrogen) atoms. The van der Waals surface area contributed by atoms with Gasteiger partial charge in [-0.1, -0.05) is 96.1 Å². The molecular weight excluding hydrogens is 609 g/mol. The Morgan fingerprint density at radius 1 is 0.460 bits per heavy atom. The fourth-order valence-corrected chi connectivity index (χ4v) is 7.42. The Morgan fingerprint density at radius 3 is 1.64 bits per heavy atom. The van der Waals surface area contributed by atoms with Gasteiger partial charge >= 0.3 is 0 Å². The van der Waals surface area contributed by atoms with Gasteiger partial charge in [-0.15, -0.1) is 0 Å². The third-order valence-electron chi connectivity index (χ3n) is 10.1. The molecule has 0 fully saturated rings. The molecular formula is C46H38N4. The van der Waals surface area contributed by atoms with Gasteiger partial charge in [0, 0.05) is 38.4 Å². The van der Waals surface area contributed by atoms with E-state index < -0.39 is 0 Å². The van der Waals surface area contributed by atoms with E-state index in [9.17, 15) is 10.5 Å². The largest absolute Gasteiger partial charge is 0.309 e. The van der Waals surface area contributed by atoms with Crippen LogP contribution in [0.2, 0.25) is 0 Å². The third kappa shape index (κ3) is 4.88. The number of aromatic nitrogens is 2. The maximum Gasteiger partial charge on any atom is 0.0998 e. The second-order valence-electron chi connectivity index (χ2n) is 15.4. The van der Waals surface area contributed by atoms with Crippen molar-refractivity contribution in [3.8, 4) is 34.6 Å². The van der Waals surface area contributed by atoms with Crippen LogP contribution < -0.4 is 0 Å². The van der Waals surface area contributed by atoms with E-state index in [0.717, 1.165) is 55.3 Å². The summed E-state index contributed by atoms with van der Waals surface area (Å²) in [6, 6.07) is 47.4. The van der Waals surface area contributed by atoms with Crippen LogP contribution in [0.25, 0.3) is 66.1 Å². The summed E-state index contributed by atoms with van der Waals surface area (Å²) < 4.78 is 4.72. The predicted octanol–water partition coefficient (Wildman–Crippen LogP) is 11.9. The smallest absolute Gasteiger partial charge is 0.0998 e. The molecule has 0 radical (unpaired) electrons. The summed E-state index contributed by atoms with van der Waals surface area (Å²) in [6.07, 6.45) is 0. The monoisotopic (exact) mass is 646 g/mol. The maximum atomic E-state index is 10.4. The summed E-state index contributed by atoms with van der Waals surface area (Å²) in [7, 11) is 0. The first-order valence-corrected chi connectivity index (χ1v) is 17.1. The van der Waals surface area contributed by atoms with Crippen molar-refractivity contribution < 1.29 is 0 Å². The summed E-state index contributed by atoms with van der Waals surface area (Å²) in [6.45, 7) is 13.6. The SMILES string of the molecule is CC(C)(C)c1ccc2c(c1)c1cc(C(C)(C)C)ccc1n2-c1cc2c(cc1-c1ccc(C#N)cc1C#N)c1ccccc1n2-c1ccccc1. The molecule has 0 unspecified atom stereocenters. The van der Waals surface area contributed by atoms with E-state index in [0.29, 0.717) is 11.1 Å². The molecule has 0 bridgehead atoms. The quantitative estimate of drug-likeness (QED) is 0.192. The second-order valence-corrected chi connectivity index (χ2v) is 15.4. The van der Waals surface area contributed by atoms with Gasteiger partial charge in [-0.05, 0) is 88.7 Å². The van der Waals surface area contributed by atoms with E-state index in [1.807, 2.05) is 18.2 Å². The molecule has 0 saturated carbocycles. The highest BCUT2D eigenvalue weighted by atomic mass is 15.0. The van der Waals surface area contributed by atoms with Gasteiger partial charge in [0.05, 0.1) is 51.0 Å². The Bertz CT molecular complexity index is 2660. The van der Waals surface area contributed by atoms with Gasteiger partial charge < -0.3 is 9.13 Å². The van der Waals surface area contributed by atoms with E-state index in [1.165, 1.54) is 21.9 Å². The molecule has 0 spiro atoms. The van der Waals surface area contributed by atoms with Gasteiger partial charge in [-0.25, -0.2) is 0 Å². The van der Waals surface area contributed by atoms with Crippen molar-refractivity contribution in [3.05, 3.63) is 144 Å². The highest BCUT2D eigenvalue weighted by Gasteiger charge is 2.24. The number of hydrogen-bond acceptors (Lipinski definition) is 2. The van der Waals surface area contributed by atoms with E-state index in [2.05, 4.69) is 160 Å². The highest BCUT2D eigenvalue weighted by molar-refractivity contribution is 6.14. The van der Waals surface area contributed by atoms with Gasteiger partial charge in [0.15, 0.2) is 0 Å². The van der Waals surface area contributed by atoms with Crippen LogP contribution in [-0.4, -0.2) is 9.13 Å². The fourth-order valence-electron chi connectivity index (χ4n) is 7.42. The average molecular weight is 647 g/mol. The molecule has 0 amide bonds. The molecule has 4 nitrogen and oxygen atoms in total. The van der Waals surface area contributed by atoms with E-state index in [4.69, 9.17) is 0 Å². The molecule has 0 N–H and O–H groups in total. The maximum absolute atomic E-state index is 10.4. The predicted molar refractivity (Wildman–Crippen MR) is 207 cm³/mol. The van der Waals surface area contributed by atoms with E-state index in [1.54, 1.807) is 6.07 Å². The first kappa shape index (κ1) is 31.2. The summed E-state index contributed by atoms with van der Waals surface area (Å²) >= 11 is 0. The molecule has 6 aromatic carbocycles. The Hall–Kier alpha value is -6.10. The Balaban J connectivity index is 1.58. The van der Waals surface area contributed by atoms with Gasteiger partial charge in [0.25, 0.3) is 0 Å². The summed E-state index contributed by atoms with van der Waals surface area (Å²) in [5.41, 5.74) is 11.7. The second kappa shape index (κ2) is 11.2. The number of para-hydroxylation sites is 2. The lowest BCUT2D eigenvalue weighted by molar-refractivity contribution is 0.590. The zero-order valence-electron chi connectivity index (χ0n) is 29.3. The Labute approximate surface area is 293 Å². The molecule has 0 aliphatic carbocycles. The third-order valence-corrected chi connectivity index (χ3v) is 10.1. The zero-order chi connectivity index (χ0) is 34.9. The number of rotatable bonds is 3. The molecule has 0 aliphatic rings. The first-order chi connectivity index (χ1) is 24.0. The van der Waals surface area contributed by atoms with E-state index >= 15 is 0 Å². The number of fused-ring (bicyclic) bond motifs is 6. The minimum absolute atomic E-state index is 0.0187. The summed E-state index contributed by atoms with van der Waals surface area (Å²) in [5.74, 6) is 0. The summed E-state index contributed by atoms with van der Waals surface area (Å²) in [4.78, 5) is 0. The minimum Gasteiger partial charge on any atom is -0.309 e. The molecule has 2 aromatic heterocycles. The van der Waals surface area contributed by atoms with Crippen LogP contribution in [0.1, 0.15) is 63.8 Å². The van der Waals surface area contributed by atoms with Crippen LogP contribution >= 0.6 is 0 Å². The molecule has 2 heterocycles. The fraction of sp³-hybridized carbons (Fsp3) is 0.174. The Morgan fingerprint density at radius 2 is 1.04 bits per heavy atom. The number of hydrogen-bond donors (Lipinski definition) is 0. The van der Waals surface area contributed by atoms with Gasteiger partial charge in [-0.2, -0.15) is 10.5 Å². The topological polar surface area (TPSA) is 57.4 Å². The van der Waals surface area contributed by atoms with Crippen LogP contribution in [0.5, 0.6) is 0 Å². The number of nitriles is 2. The lowest BCUT2D eigenvalue weighted by atomic mass is 9.85. The van der Waals surface area contributed by atoms with Crippen LogP contribution in [0.15, 0.2) is 121 Å². The van der Waals surface area contributed by atoms with Crippen LogP contribution in [-0.2, 0) is 10.8 Å². The van der Waals surface area contributed by atoms with Crippen molar-refractivity contribution in [2.45, 2.75) is 52.4 Å². The zero-order valence-corrected chi connectivity index (χ0v) is 29.3. The van der Waals surface area contributed by atoms with Crippen molar-refractivity contribution in [2.24, 2.45) is 0 Å².